The topological polar surface area (TPSA) is 72.7 Å². The van der Waals surface area contributed by atoms with E-state index in [-0.39, 0.29) is 5.91 Å². The van der Waals surface area contributed by atoms with Crippen molar-refractivity contribution in [2.45, 2.75) is 0 Å². The van der Waals surface area contributed by atoms with E-state index in [4.69, 9.17) is 0 Å². The molecule has 24 heavy (non-hydrogen) atoms. The van der Waals surface area contributed by atoms with Crippen molar-refractivity contribution < 1.29 is 4.79 Å². The van der Waals surface area contributed by atoms with Crippen LogP contribution in [0.3, 0.4) is 0 Å². The molecule has 7 heteroatoms. The first-order valence-corrected chi connectivity index (χ1v) is 7.98. The van der Waals surface area contributed by atoms with Gasteiger partial charge in [-0.25, -0.2) is 4.68 Å². The normalized spacial score (nSPS) is 10.9. The van der Waals surface area contributed by atoms with Gasteiger partial charge in [-0.05, 0) is 46.3 Å². The summed E-state index contributed by atoms with van der Waals surface area (Å²) < 4.78 is 2.58. The van der Waals surface area contributed by atoms with Crippen molar-refractivity contribution in [1.29, 1.82) is 0 Å². The molecule has 1 N–H and O–H groups in total. The third kappa shape index (κ3) is 3.94. The number of anilines is 1. The zero-order valence-electron chi connectivity index (χ0n) is 12.8. The average Bonchev–Trinajstić information content (AvgIpc) is 3.01. The lowest BCUT2D eigenvalue weighted by molar-refractivity contribution is -0.111. The molecule has 1 amide bonds. The summed E-state index contributed by atoms with van der Waals surface area (Å²) in [4.78, 5) is 12.1. The van der Waals surface area contributed by atoms with Crippen molar-refractivity contribution >= 4 is 33.6 Å². The number of carbonyl (C=O) groups excluding carboxylic acids is 1. The van der Waals surface area contributed by atoms with Gasteiger partial charge >= 0.3 is 0 Å². The third-order valence-electron chi connectivity index (χ3n) is 3.31. The molecule has 2 aromatic carbocycles. The van der Waals surface area contributed by atoms with Crippen molar-refractivity contribution in [3.8, 4) is 11.4 Å². The molecule has 0 aliphatic heterocycles. The molecule has 120 valence electrons. The first-order valence-electron chi connectivity index (χ1n) is 7.19. The number of nitrogens with one attached hydrogen (secondary N) is 1. The zero-order chi connectivity index (χ0) is 16.9. The minimum atomic E-state index is -0.203. The van der Waals surface area contributed by atoms with E-state index in [2.05, 4.69) is 36.8 Å². The van der Waals surface area contributed by atoms with Crippen LogP contribution >= 0.6 is 15.9 Å². The fourth-order valence-electron chi connectivity index (χ4n) is 2.14. The van der Waals surface area contributed by atoms with Gasteiger partial charge in [0, 0.05) is 28.8 Å². The second kappa shape index (κ2) is 7.18. The van der Waals surface area contributed by atoms with E-state index in [1.165, 1.54) is 6.08 Å². The van der Waals surface area contributed by atoms with E-state index in [0.29, 0.717) is 11.5 Å². The molecule has 0 atom stereocenters. The number of rotatable bonds is 4. The molecule has 6 nitrogen and oxygen atoms in total. The SMILES string of the molecule is Cn1nnnc1-c1cccc(NC(=O)/C=C/c2ccc(Br)cc2)c1. The summed E-state index contributed by atoms with van der Waals surface area (Å²) >= 11 is 3.38. The Morgan fingerprint density at radius 3 is 2.71 bits per heavy atom. The second-order valence-electron chi connectivity index (χ2n) is 5.08. The number of halogens is 1. The Kier molecular flexibility index (Phi) is 4.81. The summed E-state index contributed by atoms with van der Waals surface area (Å²) in [5.41, 5.74) is 2.46. The largest absolute Gasteiger partial charge is 0.322 e. The van der Waals surface area contributed by atoms with Crippen LogP contribution in [0.2, 0.25) is 0 Å². The van der Waals surface area contributed by atoms with E-state index in [0.717, 1.165) is 15.6 Å². The number of tetrazole rings is 1. The molecule has 0 saturated carbocycles. The molecule has 0 spiro atoms. The van der Waals surface area contributed by atoms with E-state index in [1.54, 1.807) is 17.8 Å². The molecule has 0 radical (unpaired) electrons. The number of benzene rings is 2. The van der Waals surface area contributed by atoms with Gasteiger partial charge in [0.25, 0.3) is 0 Å². The maximum absolute atomic E-state index is 12.1. The Morgan fingerprint density at radius 2 is 2.00 bits per heavy atom. The van der Waals surface area contributed by atoms with Gasteiger partial charge in [0.15, 0.2) is 5.82 Å². The number of amides is 1. The molecular weight excluding hydrogens is 370 g/mol. The minimum Gasteiger partial charge on any atom is -0.322 e. The van der Waals surface area contributed by atoms with Crippen LogP contribution in [0, 0.1) is 0 Å². The molecule has 0 aliphatic rings. The van der Waals surface area contributed by atoms with Gasteiger partial charge in [-0.2, -0.15) is 0 Å². The quantitative estimate of drug-likeness (QED) is 0.701. The maximum Gasteiger partial charge on any atom is 0.248 e. The van der Waals surface area contributed by atoms with Gasteiger partial charge in [0.2, 0.25) is 5.91 Å². The molecule has 0 fully saturated rings. The van der Waals surface area contributed by atoms with Gasteiger partial charge in [0.05, 0.1) is 0 Å². The lowest BCUT2D eigenvalue weighted by Crippen LogP contribution is -2.07. The molecule has 0 saturated heterocycles. The van der Waals surface area contributed by atoms with Gasteiger partial charge in [-0.15, -0.1) is 5.10 Å². The van der Waals surface area contributed by atoms with Gasteiger partial charge in [-0.1, -0.05) is 40.2 Å². The standard InChI is InChI=1S/C17H14BrN5O/c1-23-17(20-21-22-23)13-3-2-4-15(11-13)19-16(24)10-7-12-5-8-14(18)9-6-12/h2-11H,1H3,(H,19,24)/b10-7+. The number of hydrogen-bond acceptors (Lipinski definition) is 4. The number of carbonyl (C=O) groups is 1. The second-order valence-corrected chi connectivity index (χ2v) is 6.00. The first-order chi connectivity index (χ1) is 11.6. The Hall–Kier alpha value is -2.80. The van der Waals surface area contributed by atoms with Gasteiger partial charge < -0.3 is 5.32 Å². The molecule has 0 aliphatic carbocycles. The smallest absolute Gasteiger partial charge is 0.248 e. The van der Waals surface area contributed by atoms with Crippen molar-refractivity contribution in [3.05, 3.63) is 64.6 Å². The highest BCUT2D eigenvalue weighted by atomic mass is 79.9. The van der Waals surface area contributed by atoms with E-state index >= 15 is 0 Å². The van der Waals surface area contributed by atoms with Crippen LogP contribution in [-0.2, 0) is 11.8 Å². The number of aromatic nitrogens is 4. The molecule has 3 rings (SSSR count). The van der Waals surface area contributed by atoms with Crippen molar-refractivity contribution in [1.82, 2.24) is 20.2 Å². The summed E-state index contributed by atoms with van der Waals surface area (Å²) in [6.45, 7) is 0. The van der Waals surface area contributed by atoms with Gasteiger partial charge in [-0.3, -0.25) is 4.79 Å². The van der Waals surface area contributed by atoms with Crippen LogP contribution < -0.4 is 5.32 Å². The van der Waals surface area contributed by atoms with Gasteiger partial charge in [0.1, 0.15) is 0 Å². The fourth-order valence-corrected chi connectivity index (χ4v) is 2.40. The van der Waals surface area contributed by atoms with Crippen molar-refractivity contribution in [2.24, 2.45) is 7.05 Å². The molecular formula is C17H14BrN5O. The van der Waals surface area contributed by atoms with E-state index in [9.17, 15) is 4.79 Å². The highest BCUT2D eigenvalue weighted by Crippen LogP contribution is 2.19. The monoisotopic (exact) mass is 383 g/mol. The molecule has 1 heterocycles. The third-order valence-corrected chi connectivity index (χ3v) is 3.83. The lowest BCUT2D eigenvalue weighted by atomic mass is 10.2. The van der Waals surface area contributed by atoms with Crippen LogP contribution in [-0.4, -0.2) is 26.1 Å². The fraction of sp³-hybridized carbons (Fsp3) is 0.0588. The van der Waals surface area contributed by atoms with Crippen LogP contribution in [0.5, 0.6) is 0 Å². The molecule has 0 unspecified atom stereocenters. The summed E-state index contributed by atoms with van der Waals surface area (Å²) in [7, 11) is 1.77. The molecule has 3 aromatic rings. The van der Waals surface area contributed by atoms with Crippen LogP contribution in [0.4, 0.5) is 5.69 Å². The molecule has 0 bridgehead atoms. The summed E-state index contributed by atoms with van der Waals surface area (Å²) in [5, 5.41) is 14.2. The first kappa shape index (κ1) is 16.1. The summed E-state index contributed by atoms with van der Waals surface area (Å²) in [6.07, 6.45) is 3.26. The number of aryl methyl sites for hydroxylation is 1. The van der Waals surface area contributed by atoms with Crippen LogP contribution in [0.25, 0.3) is 17.5 Å². The highest BCUT2D eigenvalue weighted by Gasteiger charge is 2.07. The number of nitrogens with zero attached hydrogens (tertiary/aromatic N) is 4. The Labute approximate surface area is 147 Å². The number of hydrogen-bond donors (Lipinski definition) is 1. The minimum absolute atomic E-state index is 0.203. The molecule has 1 aromatic heterocycles. The predicted molar refractivity (Wildman–Crippen MR) is 96.0 cm³/mol. The zero-order valence-corrected chi connectivity index (χ0v) is 14.4. The summed E-state index contributed by atoms with van der Waals surface area (Å²) in [5.74, 6) is 0.433. The van der Waals surface area contributed by atoms with Crippen molar-refractivity contribution in [2.75, 3.05) is 5.32 Å². The average molecular weight is 384 g/mol. The summed E-state index contributed by atoms with van der Waals surface area (Å²) in [6, 6.07) is 15.1. The van der Waals surface area contributed by atoms with Crippen LogP contribution in [0.1, 0.15) is 5.56 Å². The Bertz CT molecular complexity index is 886. The highest BCUT2D eigenvalue weighted by molar-refractivity contribution is 9.10. The Balaban J connectivity index is 1.70. The van der Waals surface area contributed by atoms with E-state index < -0.39 is 0 Å². The van der Waals surface area contributed by atoms with Crippen molar-refractivity contribution in [3.63, 3.8) is 0 Å². The lowest BCUT2D eigenvalue weighted by Gasteiger charge is -2.05. The van der Waals surface area contributed by atoms with Crippen LogP contribution in [0.15, 0.2) is 59.1 Å². The van der Waals surface area contributed by atoms with E-state index in [1.807, 2.05) is 48.5 Å². The maximum atomic E-state index is 12.1. The predicted octanol–water partition coefficient (Wildman–Crippen LogP) is 3.29. The Morgan fingerprint density at radius 1 is 1.21 bits per heavy atom.